The summed E-state index contributed by atoms with van der Waals surface area (Å²) >= 11 is 0. The predicted octanol–water partition coefficient (Wildman–Crippen LogP) is 2.95. The van der Waals surface area contributed by atoms with Gasteiger partial charge in [-0.15, -0.1) is 24.0 Å². The molecule has 0 radical (unpaired) electrons. The zero-order valence-electron chi connectivity index (χ0n) is 16.4. The highest BCUT2D eigenvalue weighted by atomic mass is 127. The van der Waals surface area contributed by atoms with Gasteiger partial charge >= 0.3 is 0 Å². The van der Waals surface area contributed by atoms with E-state index < -0.39 is 0 Å². The number of nitrogens with zero attached hydrogens (tertiary/aromatic N) is 3. The third kappa shape index (κ3) is 4.80. The largest absolute Gasteiger partial charge is 0.381 e. The minimum absolute atomic E-state index is 0. The lowest BCUT2D eigenvalue weighted by molar-refractivity contribution is -0.00523. The van der Waals surface area contributed by atoms with Crippen LogP contribution < -0.4 is 5.32 Å². The standard InChI is InChI=1S/C19H36N4O.HI/c1-20-17(21-15-19(22(2)3)10-13-24-14-11-19)23-12-9-18(16-23)7-5-4-6-8-18;/h4-16H2,1-3H3,(H,20,21);1H. The molecule has 25 heavy (non-hydrogen) atoms. The van der Waals surface area contributed by atoms with E-state index in [1.54, 1.807) is 0 Å². The first-order valence-corrected chi connectivity index (χ1v) is 9.80. The van der Waals surface area contributed by atoms with Crippen LogP contribution >= 0.6 is 24.0 Å². The highest BCUT2D eigenvalue weighted by Gasteiger charge is 2.40. The highest BCUT2D eigenvalue weighted by Crippen LogP contribution is 2.43. The Bertz CT molecular complexity index is 443. The van der Waals surface area contributed by atoms with Gasteiger partial charge in [-0.3, -0.25) is 4.99 Å². The lowest BCUT2D eigenvalue weighted by Crippen LogP contribution is -2.57. The van der Waals surface area contributed by atoms with E-state index in [-0.39, 0.29) is 29.5 Å². The molecule has 2 aliphatic heterocycles. The molecule has 1 spiro atoms. The van der Waals surface area contributed by atoms with Crippen LogP contribution in [-0.4, -0.2) is 75.3 Å². The normalized spacial score (nSPS) is 25.9. The monoisotopic (exact) mass is 464 g/mol. The third-order valence-electron chi connectivity index (χ3n) is 6.81. The van der Waals surface area contributed by atoms with Crippen molar-refractivity contribution in [2.75, 3.05) is 54.0 Å². The van der Waals surface area contributed by atoms with Gasteiger partial charge in [0.2, 0.25) is 0 Å². The average molecular weight is 464 g/mol. The molecule has 1 N–H and O–H groups in total. The number of ether oxygens (including phenoxy) is 1. The molecule has 2 saturated heterocycles. The first kappa shape index (κ1) is 21.2. The fourth-order valence-electron chi connectivity index (χ4n) is 4.94. The Morgan fingerprint density at radius 2 is 1.76 bits per heavy atom. The smallest absolute Gasteiger partial charge is 0.193 e. The maximum absolute atomic E-state index is 5.59. The zero-order chi connectivity index (χ0) is 17.0. The topological polar surface area (TPSA) is 40.1 Å². The fourth-order valence-corrected chi connectivity index (χ4v) is 4.94. The van der Waals surface area contributed by atoms with Crippen LogP contribution in [-0.2, 0) is 4.74 Å². The molecule has 0 amide bonds. The van der Waals surface area contributed by atoms with E-state index in [0.717, 1.165) is 45.1 Å². The van der Waals surface area contributed by atoms with Gasteiger partial charge < -0.3 is 19.9 Å². The number of rotatable bonds is 3. The van der Waals surface area contributed by atoms with Crippen LogP contribution in [0.5, 0.6) is 0 Å². The van der Waals surface area contributed by atoms with Crippen molar-refractivity contribution in [3.8, 4) is 0 Å². The number of likely N-dealkylation sites (N-methyl/N-ethyl adjacent to an activating group) is 1. The number of aliphatic imine (C=N–C) groups is 1. The van der Waals surface area contributed by atoms with Crippen molar-refractivity contribution in [3.63, 3.8) is 0 Å². The summed E-state index contributed by atoms with van der Waals surface area (Å²) in [6, 6.07) is 0. The van der Waals surface area contributed by atoms with Crippen molar-refractivity contribution in [1.82, 2.24) is 15.1 Å². The number of likely N-dealkylation sites (tertiary alicyclic amines) is 1. The summed E-state index contributed by atoms with van der Waals surface area (Å²) in [5, 5.41) is 3.70. The van der Waals surface area contributed by atoms with Gasteiger partial charge in [0.1, 0.15) is 0 Å². The van der Waals surface area contributed by atoms with Crippen molar-refractivity contribution in [2.45, 2.75) is 56.9 Å². The van der Waals surface area contributed by atoms with Crippen molar-refractivity contribution in [1.29, 1.82) is 0 Å². The molecule has 146 valence electrons. The molecule has 0 aromatic rings. The van der Waals surface area contributed by atoms with Crippen LogP contribution in [0.4, 0.5) is 0 Å². The number of nitrogens with one attached hydrogen (secondary N) is 1. The molecule has 3 aliphatic rings. The summed E-state index contributed by atoms with van der Waals surface area (Å²) in [6.07, 6.45) is 10.6. The molecule has 0 aromatic carbocycles. The number of guanidine groups is 1. The van der Waals surface area contributed by atoms with E-state index in [2.05, 4.69) is 34.2 Å². The molecular weight excluding hydrogens is 427 g/mol. The first-order valence-electron chi connectivity index (χ1n) is 9.80. The molecule has 0 atom stereocenters. The van der Waals surface area contributed by atoms with Gasteiger partial charge in [-0.1, -0.05) is 19.3 Å². The second-order valence-electron chi connectivity index (χ2n) is 8.36. The van der Waals surface area contributed by atoms with Gasteiger partial charge in [0.15, 0.2) is 5.96 Å². The number of halogens is 1. The van der Waals surface area contributed by atoms with E-state index in [1.807, 2.05) is 7.05 Å². The minimum Gasteiger partial charge on any atom is -0.381 e. The summed E-state index contributed by atoms with van der Waals surface area (Å²) in [7, 11) is 6.33. The molecule has 2 heterocycles. The number of hydrogen-bond donors (Lipinski definition) is 1. The molecule has 3 rings (SSSR count). The van der Waals surface area contributed by atoms with Crippen LogP contribution in [0.2, 0.25) is 0 Å². The van der Waals surface area contributed by atoms with Crippen LogP contribution in [0.1, 0.15) is 51.4 Å². The van der Waals surface area contributed by atoms with E-state index in [9.17, 15) is 0 Å². The second kappa shape index (κ2) is 9.22. The summed E-state index contributed by atoms with van der Waals surface area (Å²) in [5.74, 6) is 1.10. The summed E-state index contributed by atoms with van der Waals surface area (Å²) in [4.78, 5) is 9.49. The Morgan fingerprint density at radius 3 is 2.36 bits per heavy atom. The third-order valence-corrected chi connectivity index (χ3v) is 6.81. The van der Waals surface area contributed by atoms with Gasteiger partial charge in [0, 0.05) is 45.4 Å². The highest BCUT2D eigenvalue weighted by molar-refractivity contribution is 14.0. The van der Waals surface area contributed by atoms with Gasteiger partial charge in [-0.2, -0.15) is 0 Å². The molecule has 3 fully saturated rings. The minimum atomic E-state index is 0. The van der Waals surface area contributed by atoms with E-state index in [0.29, 0.717) is 5.41 Å². The average Bonchev–Trinajstić information content (AvgIpc) is 3.00. The van der Waals surface area contributed by atoms with Gasteiger partial charge in [-0.05, 0) is 51.6 Å². The van der Waals surface area contributed by atoms with Crippen molar-refractivity contribution in [3.05, 3.63) is 0 Å². The molecule has 1 saturated carbocycles. The predicted molar refractivity (Wildman–Crippen MR) is 115 cm³/mol. The van der Waals surface area contributed by atoms with E-state index in [1.165, 1.54) is 45.1 Å². The van der Waals surface area contributed by atoms with Crippen LogP contribution in [0, 0.1) is 5.41 Å². The van der Waals surface area contributed by atoms with E-state index >= 15 is 0 Å². The Kier molecular flexibility index (Phi) is 7.83. The molecule has 0 aromatic heterocycles. The Hall–Kier alpha value is -0.0800. The summed E-state index contributed by atoms with van der Waals surface area (Å²) < 4.78 is 5.59. The molecule has 1 aliphatic carbocycles. The zero-order valence-corrected chi connectivity index (χ0v) is 18.7. The van der Waals surface area contributed by atoms with Crippen LogP contribution in [0.15, 0.2) is 4.99 Å². The van der Waals surface area contributed by atoms with Gasteiger partial charge in [-0.25, -0.2) is 0 Å². The lowest BCUT2D eigenvalue weighted by Gasteiger charge is -2.43. The summed E-state index contributed by atoms with van der Waals surface area (Å²) in [5.41, 5.74) is 0.768. The summed E-state index contributed by atoms with van der Waals surface area (Å²) in [6.45, 7) is 5.05. The van der Waals surface area contributed by atoms with Crippen molar-refractivity contribution in [2.24, 2.45) is 10.4 Å². The number of hydrogen-bond acceptors (Lipinski definition) is 3. The molecule has 6 heteroatoms. The molecule has 5 nitrogen and oxygen atoms in total. The second-order valence-corrected chi connectivity index (χ2v) is 8.36. The Morgan fingerprint density at radius 1 is 1.08 bits per heavy atom. The molecule has 0 unspecified atom stereocenters. The lowest BCUT2D eigenvalue weighted by atomic mass is 9.73. The quantitative estimate of drug-likeness (QED) is 0.396. The van der Waals surface area contributed by atoms with Gasteiger partial charge in [0.05, 0.1) is 0 Å². The van der Waals surface area contributed by atoms with Crippen molar-refractivity contribution < 1.29 is 4.74 Å². The molecule has 0 bridgehead atoms. The Balaban J connectivity index is 0.00000225. The van der Waals surface area contributed by atoms with Gasteiger partial charge in [0.25, 0.3) is 0 Å². The Labute approximate surface area is 171 Å². The first-order chi connectivity index (χ1) is 11.6. The SMILES string of the molecule is CN=C(NCC1(N(C)C)CCOCC1)N1CCC2(CCCCC2)C1.I. The maximum Gasteiger partial charge on any atom is 0.193 e. The fraction of sp³-hybridized carbons (Fsp3) is 0.947. The molecular formula is C19H37IN4O. The van der Waals surface area contributed by atoms with Crippen LogP contribution in [0.25, 0.3) is 0 Å². The van der Waals surface area contributed by atoms with Crippen LogP contribution in [0.3, 0.4) is 0 Å². The van der Waals surface area contributed by atoms with Crippen molar-refractivity contribution >= 4 is 29.9 Å². The van der Waals surface area contributed by atoms with E-state index in [4.69, 9.17) is 4.74 Å². The maximum atomic E-state index is 5.59.